The highest BCUT2D eigenvalue weighted by Gasteiger charge is 2.21. The van der Waals surface area contributed by atoms with E-state index in [4.69, 9.17) is 0 Å². The number of hydrogen-bond acceptors (Lipinski definition) is 0. The zero-order valence-corrected chi connectivity index (χ0v) is 6.33. The lowest BCUT2D eigenvalue weighted by Gasteiger charge is -2.27. The van der Waals surface area contributed by atoms with Crippen LogP contribution in [0.2, 0.25) is 0 Å². The molecule has 0 bridgehead atoms. The lowest BCUT2D eigenvalue weighted by Crippen LogP contribution is -2.37. The highest BCUT2D eigenvalue weighted by atomic mass is 15.3. The van der Waals surface area contributed by atoms with Crippen LogP contribution < -0.4 is 0 Å². The Kier molecular flexibility index (Phi) is 1.45. The first-order chi connectivity index (χ1) is 4.15. The van der Waals surface area contributed by atoms with Crippen LogP contribution in [0, 0.1) is 0 Å². The topological polar surface area (TPSA) is 0 Å². The van der Waals surface area contributed by atoms with Crippen LogP contribution >= 0.6 is 0 Å². The Balaban J connectivity index is 2.75. The van der Waals surface area contributed by atoms with E-state index in [-0.39, 0.29) is 0 Å². The third-order valence-electron chi connectivity index (χ3n) is 2.04. The van der Waals surface area contributed by atoms with Gasteiger partial charge in [0.1, 0.15) is 12.4 Å². The fourth-order valence-corrected chi connectivity index (χ4v) is 0.864. The van der Waals surface area contributed by atoms with E-state index in [1.807, 2.05) is 0 Å². The Bertz CT molecular complexity index is 142. The molecule has 0 atom stereocenters. The summed E-state index contributed by atoms with van der Waals surface area (Å²) in [6, 6.07) is 0.653. The summed E-state index contributed by atoms with van der Waals surface area (Å²) in [5, 5.41) is 0. The first-order valence-corrected chi connectivity index (χ1v) is 3.38. The van der Waals surface area contributed by atoms with Gasteiger partial charge in [-0.3, -0.25) is 4.48 Å². The minimum Gasteiger partial charge on any atom is -0.271 e. The molecular weight excluding hydrogens is 110 g/mol. The van der Waals surface area contributed by atoms with Gasteiger partial charge >= 0.3 is 0 Å². The molecular formula is C8H14N+. The first-order valence-electron chi connectivity index (χ1n) is 3.38. The van der Waals surface area contributed by atoms with Crippen molar-refractivity contribution in [3.63, 3.8) is 0 Å². The molecule has 0 saturated heterocycles. The summed E-state index contributed by atoms with van der Waals surface area (Å²) in [5.74, 6) is 0. The van der Waals surface area contributed by atoms with Gasteiger partial charge in [-0.25, -0.2) is 0 Å². The van der Waals surface area contributed by atoms with Crippen LogP contribution in [0.5, 0.6) is 0 Å². The van der Waals surface area contributed by atoms with Crippen LogP contribution in [-0.4, -0.2) is 17.6 Å². The van der Waals surface area contributed by atoms with Gasteiger partial charge in [0, 0.05) is 0 Å². The normalized spacial score (nSPS) is 21.8. The smallest absolute Gasteiger partial charge is 0.101 e. The van der Waals surface area contributed by atoms with Crippen molar-refractivity contribution in [2.45, 2.75) is 19.9 Å². The molecule has 0 fully saturated rings. The lowest BCUT2D eigenvalue weighted by atomic mass is 10.3. The maximum atomic E-state index is 2.22. The summed E-state index contributed by atoms with van der Waals surface area (Å²) in [6.07, 6.45) is 8.59. The van der Waals surface area contributed by atoms with Crippen molar-refractivity contribution >= 4 is 0 Å². The highest BCUT2D eigenvalue weighted by molar-refractivity contribution is 5.03. The molecule has 1 nitrogen and oxygen atoms in total. The molecule has 0 saturated carbocycles. The van der Waals surface area contributed by atoms with E-state index in [1.165, 1.54) is 0 Å². The molecule has 0 N–H and O–H groups in total. The van der Waals surface area contributed by atoms with E-state index in [0.717, 1.165) is 4.48 Å². The Labute approximate surface area is 56.9 Å². The van der Waals surface area contributed by atoms with Crippen LogP contribution in [0.3, 0.4) is 0 Å². The third kappa shape index (κ3) is 1.06. The summed E-state index contributed by atoms with van der Waals surface area (Å²) in [7, 11) is 2.20. The van der Waals surface area contributed by atoms with Crippen LogP contribution in [0.4, 0.5) is 0 Å². The highest BCUT2D eigenvalue weighted by Crippen LogP contribution is 2.16. The van der Waals surface area contributed by atoms with Gasteiger partial charge in [-0.2, -0.15) is 0 Å². The van der Waals surface area contributed by atoms with E-state index in [9.17, 15) is 0 Å². The second kappa shape index (κ2) is 1.99. The molecule has 1 aliphatic heterocycles. The van der Waals surface area contributed by atoms with Gasteiger partial charge in [-0.05, 0) is 26.0 Å². The molecule has 0 aromatic carbocycles. The number of allylic oxidation sites excluding steroid dienone is 2. The SMILES string of the molecule is CC(C)[N+]1(C)C=CC=C1. The van der Waals surface area contributed by atoms with Crippen molar-refractivity contribution in [1.29, 1.82) is 0 Å². The van der Waals surface area contributed by atoms with E-state index in [1.54, 1.807) is 0 Å². The first kappa shape index (κ1) is 6.56. The number of hydrogen-bond donors (Lipinski definition) is 0. The number of nitrogens with zero attached hydrogens (tertiary/aromatic N) is 1. The minimum atomic E-state index is 0.653. The quantitative estimate of drug-likeness (QED) is 0.468. The van der Waals surface area contributed by atoms with Gasteiger partial charge in [0.05, 0.1) is 13.1 Å². The Morgan fingerprint density at radius 3 is 1.78 bits per heavy atom. The Hall–Kier alpha value is -0.560. The minimum absolute atomic E-state index is 0.653. The Morgan fingerprint density at radius 1 is 1.11 bits per heavy atom. The second-order valence-corrected chi connectivity index (χ2v) is 3.00. The van der Waals surface area contributed by atoms with Gasteiger partial charge in [0.25, 0.3) is 0 Å². The second-order valence-electron chi connectivity index (χ2n) is 3.00. The monoisotopic (exact) mass is 124 g/mol. The zero-order chi connectivity index (χ0) is 6.91. The molecule has 0 aromatic rings. The van der Waals surface area contributed by atoms with Crippen LogP contribution in [0.25, 0.3) is 0 Å². The molecule has 9 heavy (non-hydrogen) atoms. The lowest BCUT2D eigenvalue weighted by molar-refractivity contribution is -0.827. The van der Waals surface area contributed by atoms with E-state index in [0.29, 0.717) is 6.04 Å². The van der Waals surface area contributed by atoms with Crippen molar-refractivity contribution in [2.75, 3.05) is 7.05 Å². The van der Waals surface area contributed by atoms with E-state index >= 15 is 0 Å². The van der Waals surface area contributed by atoms with E-state index < -0.39 is 0 Å². The fraction of sp³-hybridized carbons (Fsp3) is 0.500. The zero-order valence-electron chi connectivity index (χ0n) is 6.33. The van der Waals surface area contributed by atoms with Gasteiger partial charge in [-0.1, -0.05) is 0 Å². The van der Waals surface area contributed by atoms with Gasteiger partial charge in [-0.15, -0.1) is 0 Å². The Morgan fingerprint density at radius 2 is 1.56 bits per heavy atom. The van der Waals surface area contributed by atoms with Crippen LogP contribution in [-0.2, 0) is 0 Å². The summed E-state index contributed by atoms with van der Waals surface area (Å²) in [4.78, 5) is 0. The summed E-state index contributed by atoms with van der Waals surface area (Å²) in [6.45, 7) is 4.44. The fourth-order valence-electron chi connectivity index (χ4n) is 0.864. The molecule has 0 spiro atoms. The molecule has 0 aliphatic carbocycles. The number of quaternary nitrogens is 1. The van der Waals surface area contributed by atoms with Crippen LogP contribution in [0.1, 0.15) is 13.8 Å². The predicted octanol–water partition coefficient (Wildman–Crippen LogP) is 1.88. The van der Waals surface area contributed by atoms with Crippen molar-refractivity contribution in [3.05, 3.63) is 24.6 Å². The molecule has 1 aliphatic rings. The molecule has 1 rings (SSSR count). The predicted molar refractivity (Wildman–Crippen MR) is 39.6 cm³/mol. The molecule has 0 amide bonds. The third-order valence-corrected chi connectivity index (χ3v) is 2.04. The largest absolute Gasteiger partial charge is 0.271 e. The van der Waals surface area contributed by atoms with Crippen molar-refractivity contribution in [1.82, 2.24) is 0 Å². The van der Waals surface area contributed by atoms with Crippen molar-refractivity contribution in [2.24, 2.45) is 0 Å². The van der Waals surface area contributed by atoms with Crippen molar-refractivity contribution in [3.8, 4) is 0 Å². The molecule has 1 heterocycles. The molecule has 1 heteroatoms. The molecule has 50 valence electrons. The maximum Gasteiger partial charge on any atom is 0.101 e. The van der Waals surface area contributed by atoms with Crippen molar-refractivity contribution < 1.29 is 4.48 Å². The number of rotatable bonds is 1. The molecule has 0 aromatic heterocycles. The molecule has 0 radical (unpaired) electrons. The van der Waals surface area contributed by atoms with E-state index in [2.05, 4.69) is 45.4 Å². The van der Waals surface area contributed by atoms with Gasteiger partial charge < -0.3 is 0 Å². The summed E-state index contributed by atoms with van der Waals surface area (Å²) >= 11 is 0. The summed E-state index contributed by atoms with van der Waals surface area (Å²) in [5.41, 5.74) is 0. The summed E-state index contributed by atoms with van der Waals surface area (Å²) < 4.78 is 0.944. The maximum absolute atomic E-state index is 2.22. The van der Waals surface area contributed by atoms with Gasteiger partial charge in [0.15, 0.2) is 0 Å². The average Bonchev–Trinajstić information content (AvgIpc) is 2.16. The molecule has 0 unspecified atom stereocenters. The standard InChI is InChI=1S/C8H14N/c1-8(2)9(3)6-4-5-7-9/h4-8H,1-3H3/q+1. The van der Waals surface area contributed by atoms with Crippen LogP contribution in [0.15, 0.2) is 24.6 Å². The van der Waals surface area contributed by atoms with Gasteiger partial charge in [0.2, 0.25) is 0 Å². The average molecular weight is 124 g/mol.